The van der Waals surface area contributed by atoms with Crippen molar-refractivity contribution in [2.24, 2.45) is 5.14 Å². The van der Waals surface area contributed by atoms with Crippen LogP contribution in [-0.4, -0.2) is 37.2 Å². The van der Waals surface area contributed by atoms with E-state index in [-0.39, 0.29) is 30.6 Å². The molecule has 0 spiro atoms. The van der Waals surface area contributed by atoms with Crippen molar-refractivity contribution in [2.45, 2.75) is 24.3 Å². The van der Waals surface area contributed by atoms with Crippen molar-refractivity contribution < 1.29 is 26.3 Å². The predicted molar refractivity (Wildman–Crippen MR) is 77.0 cm³/mol. The van der Waals surface area contributed by atoms with Gasteiger partial charge in [0.25, 0.3) is 10.2 Å². The van der Waals surface area contributed by atoms with Gasteiger partial charge in [0, 0.05) is 23.4 Å². The van der Waals surface area contributed by atoms with E-state index in [1.807, 2.05) is 0 Å². The van der Waals surface area contributed by atoms with E-state index in [0.717, 1.165) is 4.31 Å². The number of rotatable bonds is 5. The zero-order valence-corrected chi connectivity index (χ0v) is 13.1. The number of hydrogen-bond donors (Lipinski definition) is 2. The first kappa shape index (κ1) is 17.5. The summed E-state index contributed by atoms with van der Waals surface area (Å²) in [5, 5.41) is 4.92. The molecule has 10 heteroatoms. The van der Waals surface area contributed by atoms with Gasteiger partial charge in [-0.05, 0) is 12.5 Å². The Balaban J connectivity index is 1.97. The highest BCUT2D eigenvalue weighted by Gasteiger charge is 2.36. The van der Waals surface area contributed by atoms with Crippen LogP contribution in [0.1, 0.15) is 12.0 Å². The summed E-state index contributed by atoms with van der Waals surface area (Å²) >= 11 is 4.21. The summed E-state index contributed by atoms with van der Waals surface area (Å²) in [7, 11) is -3.88. The number of ether oxygens (including phenoxy) is 1. The molecule has 1 aliphatic heterocycles. The molecule has 5 nitrogen and oxygen atoms in total. The zero-order chi connectivity index (χ0) is 16.5. The van der Waals surface area contributed by atoms with Crippen LogP contribution in [0, 0.1) is 17.5 Å². The van der Waals surface area contributed by atoms with Gasteiger partial charge in [0.1, 0.15) is 5.82 Å². The fourth-order valence-electron chi connectivity index (χ4n) is 2.31. The number of thiol groups is 1. The minimum absolute atomic E-state index is 0.0497. The third-order valence-electron chi connectivity index (χ3n) is 3.33. The van der Waals surface area contributed by atoms with Gasteiger partial charge < -0.3 is 4.74 Å². The zero-order valence-electron chi connectivity index (χ0n) is 11.4. The molecule has 0 radical (unpaired) electrons. The molecule has 0 aromatic heterocycles. The molecule has 2 N–H and O–H groups in total. The van der Waals surface area contributed by atoms with Crippen LogP contribution in [0.15, 0.2) is 12.1 Å². The minimum Gasteiger partial charge on any atom is -0.375 e. The monoisotopic (exact) mass is 356 g/mol. The Morgan fingerprint density at radius 3 is 2.55 bits per heavy atom. The van der Waals surface area contributed by atoms with Crippen molar-refractivity contribution in [3.8, 4) is 0 Å². The van der Waals surface area contributed by atoms with Gasteiger partial charge in [-0.25, -0.2) is 18.3 Å². The average molecular weight is 356 g/mol. The number of nitrogens with two attached hydrogens (primary N) is 1. The van der Waals surface area contributed by atoms with E-state index >= 15 is 0 Å². The summed E-state index contributed by atoms with van der Waals surface area (Å²) in [5.41, 5.74) is -0.151. The maximum Gasteiger partial charge on any atom is 0.277 e. The van der Waals surface area contributed by atoms with Crippen molar-refractivity contribution in [1.29, 1.82) is 0 Å². The predicted octanol–water partition coefficient (Wildman–Crippen LogP) is 1.20. The molecule has 1 saturated heterocycles. The van der Waals surface area contributed by atoms with Crippen molar-refractivity contribution in [1.82, 2.24) is 4.31 Å². The average Bonchev–Trinajstić information content (AvgIpc) is 2.77. The van der Waals surface area contributed by atoms with E-state index in [2.05, 4.69) is 12.6 Å². The maximum absolute atomic E-state index is 13.4. The van der Waals surface area contributed by atoms with E-state index in [0.29, 0.717) is 18.6 Å². The molecule has 124 valence electrons. The lowest BCUT2D eigenvalue weighted by Crippen LogP contribution is -2.42. The molecule has 0 aliphatic carbocycles. The van der Waals surface area contributed by atoms with Crippen LogP contribution in [0.5, 0.6) is 0 Å². The summed E-state index contributed by atoms with van der Waals surface area (Å²) in [6.07, 6.45) is 0.430. The lowest BCUT2D eigenvalue weighted by atomic mass is 10.2. The lowest BCUT2D eigenvalue weighted by Gasteiger charge is -2.21. The highest BCUT2D eigenvalue weighted by atomic mass is 32.2. The standard InChI is InChI=1S/C12H15F3N2O3S2/c13-10-3-12(15)11(14)1-7(10)5-20-6-8-2-9(21)4-17(8)22(16,18)19/h1,3,8-9,21H,2,4-6H2,(H2,16,18,19)/t8-,9+/m0/s1. The third kappa shape index (κ3) is 4.13. The Hall–Kier alpha value is -0.810. The van der Waals surface area contributed by atoms with E-state index in [9.17, 15) is 21.6 Å². The van der Waals surface area contributed by atoms with Gasteiger partial charge in [0.05, 0.1) is 19.3 Å². The number of benzene rings is 1. The molecule has 1 aliphatic rings. The smallest absolute Gasteiger partial charge is 0.277 e. The number of nitrogens with zero attached hydrogens (tertiary/aromatic N) is 1. The number of hydrogen-bond acceptors (Lipinski definition) is 4. The third-order valence-corrected chi connectivity index (χ3v) is 4.80. The van der Waals surface area contributed by atoms with Gasteiger partial charge in [-0.3, -0.25) is 0 Å². The molecule has 0 saturated carbocycles. The van der Waals surface area contributed by atoms with Crippen molar-refractivity contribution in [2.75, 3.05) is 13.2 Å². The molecular formula is C12H15F3N2O3S2. The molecule has 1 aromatic carbocycles. The van der Waals surface area contributed by atoms with Crippen LogP contribution < -0.4 is 5.14 Å². The fraction of sp³-hybridized carbons (Fsp3) is 0.500. The second-order valence-corrected chi connectivity index (χ2v) is 7.26. The number of halogens is 3. The van der Waals surface area contributed by atoms with Crippen LogP contribution in [0.2, 0.25) is 0 Å². The molecule has 0 amide bonds. The van der Waals surface area contributed by atoms with Crippen LogP contribution in [0.3, 0.4) is 0 Å². The van der Waals surface area contributed by atoms with Gasteiger partial charge in [0.15, 0.2) is 11.6 Å². The molecule has 0 unspecified atom stereocenters. The molecule has 1 heterocycles. The Bertz CT molecular complexity index is 657. The minimum atomic E-state index is -3.88. The molecule has 2 atom stereocenters. The van der Waals surface area contributed by atoms with Crippen molar-refractivity contribution >= 4 is 22.8 Å². The first-order valence-electron chi connectivity index (χ1n) is 6.37. The fourth-order valence-corrected chi connectivity index (χ4v) is 3.79. The molecule has 22 heavy (non-hydrogen) atoms. The highest BCUT2D eigenvalue weighted by molar-refractivity contribution is 7.87. The molecule has 1 aromatic rings. The SMILES string of the molecule is NS(=O)(=O)N1C[C@H](S)C[C@H]1COCc1cc(F)c(F)cc1F. The van der Waals surface area contributed by atoms with Gasteiger partial charge in [-0.2, -0.15) is 25.4 Å². The first-order valence-corrected chi connectivity index (χ1v) is 8.39. The quantitative estimate of drug-likeness (QED) is 0.615. The normalized spacial score (nSPS) is 23.1. The summed E-state index contributed by atoms with van der Waals surface area (Å²) in [6.45, 7) is -0.198. The Morgan fingerprint density at radius 2 is 1.91 bits per heavy atom. The summed E-state index contributed by atoms with van der Waals surface area (Å²) in [4.78, 5) is 0. The van der Waals surface area contributed by atoms with Gasteiger partial charge >= 0.3 is 0 Å². The Kier molecular flexibility index (Phi) is 5.38. The largest absolute Gasteiger partial charge is 0.375 e. The maximum atomic E-state index is 13.4. The van der Waals surface area contributed by atoms with Gasteiger partial charge in [0.2, 0.25) is 0 Å². The topological polar surface area (TPSA) is 72.6 Å². The van der Waals surface area contributed by atoms with Crippen LogP contribution in [0.4, 0.5) is 13.2 Å². The van der Waals surface area contributed by atoms with Crippen LogP contribution in [-0.2, 0) is 21.6 Å². The molecule has 2 rings (SSSR count). The van der Waals surface area contributed by atoms with Gasteiger partial charge in [-0.1, -0.05) is 0 Å². The van der Waals surface area contributed by atoms with E-state index in [1.54, 1.807) is 0 Å². The van der Waals surface area contributed by atoms with E-state index < -0.39 is 33.7 Å². The molecule has 1 fully saturated rings. The van der Waals surface area contributed by atoms with Crippen molar-refractivity contribution in [3.05, 3.63) is 35.1 Å². The Morgan fingerprint density at radius 1 is 1.27 bits per heavy atom. The van der Waals surface area contributed by atoms with E-state index in [4.69, 9.17) is 9.88 Å². The van der Waals surface area contributed by atoms with E-state index in [1.165, 1.54) is 0 Å². The van der Waals surface area contributed by atoms with Crippen molar-refractivity contribution in [3.63, 3.8) is 0 Å². The first-order chi connectivity index (χ1) is 10.2. The lowest BCUT2D eigenvalue weighted by molar-refractivity contribution is 0.0852. The molecule has 0 bridgehead atoms. The van der Waals surface area contributed by atoms with Crippen LogP contribution in [0.25, 0.3) is 0 Å². The summed E-state index contributed by atoms with van der Waals surface area (Å²) < 4.78 is 68.4. The second kappa shape index (κ2) is 6.75. The summed E-state index contributed by atoms with van der Waals surface area (Å²) in [5.74, 6) is -3.39. The van der Waals surface area contributed by atoms with Crippen LogP contribution >= 0.6 is 12.6 Å². The Labute approximate surface area is 131 Å². The molecular weight excluding hydrogens is 341 g/mol. The highest BCUT2D eigenvalue weighted by Crippen LogP contribution is 2.24. The van der Waals surface area contributed by atoms with Gasteiger partial charge in [-0.15, -0.1) is 0 Å². The summed E-state index contributed by atoms with van der Waals surface area (Å²) in [6, 6.07) is 0.619. The second-order valence-electron chi connectivity index (χ2n) is 5.03.